The van der Waals surface area contributed by atoms with Gasteiger partial charge in [-0.3, -0.25) is 9.78 Å². The number of anilines is 1. The Morgan fingerprint density at radius 3 is 2.76 bits per heavy atom. The van der Waals surface area contributed by atoms with E-state index in [9.17, 15) is 9.90 Å². The predicted octanol–water partition coefficient (Wildman–Crippen LogP) is 1.47. The fourth-order valence-corrected chi connectivity index (χ4v) is 2.34. The second-order valence-corrected chi connectivity index (χ2v) is 4.77. The number of carbonyl (C=O) groups is 1. The molecule has 2 rings (SSSR count). The second-order valence-electron chi connectivity index (χ2n) is 4.77. The Bertz CT molecular complexity index is 412. The predicted molar refractivity (Wildman–Crippen MR) is 65.4 cm³/mol. The van der Waals surface area contributed by atoms with E-state index in [1.54, 1.807) is 18.5 Å². The summed E-state index contributed by atoms with van der Waals surface area (Å²) in [5, 5.41) is 10.3. The van der Waals surface area contributed by atoms with Crippen LogP contribution in [0.4, 0.5) is 5.69 Å². The van der Waals surface area contributed by atoms with E-state index in [1.807, 2.05) is 0 Å². The van der Waals surface area contributed by atoms with E-state index in [0.717, 1.165) is 19.3 Å². The van der Waals surface area contributed by atoms with E-state index >= 15 is 0 Å². The van der Waals surface area contributed by atoms with Crippen LogP contribution in [0.25, 0.3) is 0 Å². The molecular formula is C13H18N2O2. The fraction of sp³-hybridized carbons (Fsp3) is 0.538. The summed E-state index contributed by atoms with van der Waals surface area (Å²) in [7, 11) is 0. The van der Waals surface area contributed by atoms with E-state index in [0.29, 0.717) is 24.1 Å². The number of pyridine rings is 1. The van der Waals surface area contributed by atoms with Crippen LogP contribution in [0.1, 0.15) is 37.7 Å². The summed E-state index contributed by atoms with van der Waals surface area (Å²) in [5.74, 6) is -0.128. The highest BCUT2D eigenvalue weighted by molar-refractivity contribution is 5.89. The number of hydrogen-bond acceptors (Lipinski definition) is 4. The third-order valence-corrected chi connectivity index (χ3v) is 3.49. The third kappa shape index (κ3) is 2.64. The molecule has 0 unspecified atom stereocenters. The zero-order valence-electron chi connectivity index (χ0n) is 9.85. The van der Waals surface area contributed by atoms with Gasteiger partial charge in [-0.25, -0.2) is 0 Å². The lowest BCUT2D eigenvalue weighted by atomic mass is 9.80. The zero-order valence-corrected chi connectivity index (χ0v) is 9.85. The molecule has 3 N–H and O–H groups in total. The number of aromatic nitrogens is 1. The van der Waals surface area contributed by atoms with Gasteiger partial charge in [0, 0.05) is 30.1 Å². The molecule has 1 saturated carbocycles. The Hall–Kier alpha value is -1.42. The third-order valence-electron chi connectivity index (χ3n) is 3.49. The first-order valence-corrected chi connectivity index (χ1v) is 6.06. The Morgan fingerprint density at radius 2 is 2.12 bits per heavy atom. The van der Waals surface area contributed by atoms with Crippen molar-refractivity contribution < 1.29 is 9.90 Å². The molecule has 1 aliphatic rings. The van der Waals surface area contributed by atoms with Crippen LogP contribution in [-0.4, -0.2) is 21.5 Å². The highest BCUT2D eigenvalue weighted by Gasteiger charge is 2.36. The number of ketones is 1. The number of rotatable bonds is 3. The van der Waals surface area contributed by atoms with Crippen molar-refractivity contribution in [2.75, 3.05) is 5.73 Å². The molecule has 1 fully saturated rings. The smallest absolute Gasteiger partial charge is 0.168 e. The molecule has 1 aromatic rings. The first-order chi connectivity index (χ1) is 8.12. The van der Waals surface area contributed by atoms with Gasteiger partial charge >= 0.3 is 0 Å². The molecule has 1 heterocycles. The summed E-state index contributed by atoms with van der Waals surface area (Å²) in [6, 6.07) is 1.67. The highest BCUT2D eigenvalue weighted by atomic mass is 16.3. The summed E-state index contributed by atoms with van der Waals surface area (Å²) in [6.07, 6.45) is 7.46. The highest BCUT2D eigenvalue weighted by Crippen LogP contribution is 2.30. The van der Waals surface area contributed by atoms with Crippen molar-refractivity contribution in [2.24, 2.45) is 0 Å². The maximum Gasteiger partial charge on any atom is 0.168 e. The van der Waals surface area contributed by atoms with Crippen LogP contribution < -0.4 is 5.73 Å². The van der Waals surface area contributed by atoms with Crippen molar-refractivity contribution in [1.82, 2.24) is 4.98 Å². The molecule has 4 nitrogen and oxygen atoms in total. The minimum Gasteiger partial charge on any atom is -0.398 e. The summed E-state index contributed by atoms with van der Waals surface area (Å²) >= 11 is 0. The number of carbonyl (C=O) groups excluding carboxylic acids is 1. The number of nitrogen functional groups attached to an aromatic ring is 1. The molecule has 0 bridgehead atoms. The van der Waals surface area contributed by atoms with Crippen LogP contribution >= 0.6 is 0 Å². The molecule has 0 atom stereocenters. The molecule has 1 aliphatic carbocycles. The van der Waals surface area contributed by atoms with Crippen molar-refractivity contribution in [3.05, 3.63) is 24.0 Å². The normalized spacial score (nSPS) is 18.9. The topological polar surface area (TPSA) is 76.2 Å². The van der Waals surface area contributed by atoms with Gasteiger partial charge in [0.15, 0.2) is 5.78 Å². The Labute approximate surface area is 101 Å². The monoisotopic (exact) mass is 234 g/mol. The molecule has 0 aliphatic heterocycles. The standard InChI is InChI=1S/C13H18N2O2/c14-11-4-7-15-9-10(11)8-12(16)13(17)5-2-1-3-6-13/h4,7,9,17H,1-3,5-6,8H2,(H2,14,15). The molecule has 4 heteroatoms. The molecule has 0 amide bonds. The molecule has 0 spiro atoms. The van der Waals surface area contributed by atoms with E-state index in [-0.39, 0.29) is 12.2 Å². The van der Waals surface area contributed by atoms with Gasteiger partial charge in [0.25, 0.3) is 0 Å². The van der Waals surface area contributed by atoms with Crippen molar-refractivity contribution in [3.63, 3.8) is 0 Å². The van der Waals surface area contributed by atoms with Crippen LogP contribution in [0.5, 0.6) is 0 Å². The van der Waals surface area contributed by atoms with E-state index in [1.165, 1.54) is 0 Å². The minimum absolute atomic E-state index is 0.128. The van der Waals surface area contributed by atoms with Crippen molar-refractivity contribution >= 4 is 11.5 Å². The number of nitrogens with zero attached hydrogens (tertiary/aromatic N) is 1. The van der Waals surface area contributed by atoms with Crippen LogP contribution in [0.2, 0.25) is 0 Å². The van der Waals surface area contributed by atoms with Gasteiger partial charge in [0.05, 0.1) is 0 Å². The van der Waals surface area contributed by atoms with Gasteiger partial charge in [-0.2, -0.15) is 0 Å². The number of hydrogen-bond donors (Lipinski definition) is 2. The molecular weight excluding hydrogens is 216 g/mol. The average Bonchev–Trinajstić information content (AvgIpc) is 2.33. The lowest BCUT2D eigenvalue weighted by Crippen LogP contribution is -2.41. The summed E-state index contributed by atoms with van der Waals surface area (Å²) in [6.45, 7) is 0. The van der Waals surface area contributed by atoms with E-state index in [4.69, 9.17) is 5.73 Å². The second kappa shape index (κ2) is 4.84. The van der Waals surface area contributed by atoms with E-state index < -0.39 is 5.60 Å². The van der Waals surface area contributed by atoms with Crippen molar-refractivity contribution in [3.8, 4) is 0 Å². The molecule has 92 valence electrons. The van der Waals surface area contributed by atoms with Gasteiger partial charge in [-0.15, -0.1) is 0 Å². The van der Waals surface area contributed by atoms with Gasteiger partial charge < -0.3 is 10.8 Å². The SMILES string of the molecule is Nc1ccncc1CC(=O)C1(O)CCCCC1. The Morgan fingerprint density at radius 1 is 1.41 bits per heavy atom. The van der Waals surface area contributed by atoms with Crippen LogP contribution in [-0.2, 0) is 11.2 Å². The quantitative estimate of drug-likeness (QED) is 0.830. The van der Waals surface area contributed by atoms with Gasteiger partial charge in [0.1, 0.15) is 5.60 Å². The van der Waals surface area contributed by atoms with Crippen molar-refractivity contribution in [1.29, 1.82) is 0 Å². The first-order valence-electron chi connectivity index (χ1n) is 6.06. The fourth-order valence-electron chi connectivity index (χ4n) is 2.34. The summed E-state index contributed by atoms with van der Waals surface area (Å²) < 4.78 is 0. The molecule has 17 heavy (non-hydrogen) atoms. The molecule has 0 saturated heterocycles. The maximum absolute atomic E-state index is 12.1. The van der Waals surface area contributed by atoms with Crippen LogP contribution in [0.15, 0.2) is 18.5 Å². The van der Waals surface area contributed by atoms with E-state index in [2.05, 4.69) is 4.98 Å². The lowest BCUT2D eigenvalue weighted by molar-refractivity contribution is -0.139. The summed E-state index contributed by atoms with van der Waals surface area (Å²) in [4.78, 5) is 16.1. The number of nitrogens with two attached hydrogens (primary N) is 1. The Balaban J connectivity index is 2.08. The Kier molecular flexibility index (Phi) is 3.43. The van der Waals surface area contributed by atoms with Crippen molar-refractivity contribution in [2.45, 2.75) is 44.1 Å². The zero-order chi connectivity index (χ0) is 12.3. The van der Waals surface area contributed by atoms with Crippen LogP contribution in [0.3, 0.4) is 0 Å². The average molecular weight is 234 g/mol. The molecule has 0 radical (unpaired) electrons. The van der Waals surface area contributed by atoms with Gasteiger partial charge in [-0.05, 0) is 18.9 Å². The van der Waals surface area contributed by atoms with Crippen LogP contribution in [0, 0.1) is 0 Å². The largest absolute Gasteiger partial charge is 0.398 e. The summed E-state index contributed by atoms with van der Waals surface area (Å²) in [5.41, 5.74) is 5.90. The first kappa shape index (κ1) is 12.0. The maximum atomic E-state index is 12.1. The number of Topliss-reactive ketones (excluding diaryl/α,β-unsaturated/α-hetero) is 1. The van der Waals surface area contributed by atoms with Gasteiger partial charge in [0.2, 0.25) is 0 Å². The minimum atomic E-state index is -1.14. The molecule has 0 aromatic carbocycles. The lowest BCUT2D eigenvalue weighted by Gasteiger charge is -2.30. The number of aliphatic hydroxyl groups is 1. The molecule has 1 aromatic heterocycles. The van der Waals surface area contributed by atoms with Gasteiger partial charge in [-0.1, -0.05) is 19.3 Å².